The van der Waals surface area contributed by atoms with Gasteiger partial charge in [-0.1, -0.05) is 41.9 Å². The van der Waals surface area contributed by atoms with Gasteiger partial charge in [0, 0.05) is 23.9 Å². The number of halogens is 1. The minimum Gasteiger partial charge on any atom is -0.386 e. The van der Waals surface area contributed by atoms with Crippen LogP contribution in [0.5, 0.6) is 0 Å². The molecule has 1 atom stereocenters. The highest BCUT2D eigenvalue weighted by atomic mass is 35.5. The topological polar surface area (TPSA) is 38.0 Å². The van der Waals surface area contributed by atoms with Crippen LogP contribution in [0.15, 0.2) is 48.5 Å². The van der Waals surface area contributed by atoms with Gasteiger partial charge < -0.3 is 5.11 Å². The summed E-state index contributed by atoms with van der Waals surface area (Å²) in [6, 6.07) is 15.5. The molecule has 3 nitrogen and oxygen atoms in total. The number of para-hydroxylation sites is 1. The van der Waals surface area contributed by atoms with Gasteiger partial charge in [-0.25, -0.2) is 0 Å². The van der Waals surface area contributed by atoms with Crippen LogP contribution in [0.4, 0.5) is 0 Å². The number of aliphatic hydroxyl groups is 1. The van der Waals surface area contributed by atoms with Crippen LogP contribution in [-0.4, -0.2) is 14.9 Å². The van der Waals surface area contributed by atoms with Crippen molar-refractivity contribution in [3.63, 3.8) is 0 Å². The number of rotatable bonds is 3. The molecular formula is C16H15ClN2O. The van der Waals surface area contributed by atoms with Crippen LogP contribution in [-0.2, 0) is 13.5 Å². The lowest BCUT2D eigenvalue weighted by molar-refractivity contribution is 0.174. The first-order valence-electron chi connectivity index (χ1n) is 6.49. The molecule has 20 heavy (non-hydrogen) atoms. The van der Waals surface area contributed by atoms with E-state index in [1.807, 2.05) is 55.6 Å². The molecule has 0 radical (unpaired) electrons. The molecule has 0 aliphatic heterocycles. The summed E-state index contributed by atoms with van der Waals surface area (Å²) in [7, 11) is 1.89. The van der Waals surface area contributed by atoms with Crippen molar-refractivity contribution < 1.29 is 5.11 Å². The van der Waals surface area contributed by atoms with Crippen LogP contribution in [0, 0.1) is 0 Å². The van der Waals surface area contributed by atoms with E-state index in [4.69, 9.17) is 11.6 Å². The van der Waals surface area contributed by atoms with Crippen molar-refractivity contribution in [2.75, 3.05) is 0 Å². The maximum absolute atomic E-state index is 10.5. The highest BCUT2D eigenvalue weighted by Gasteiger charge is 2.16. The zero-order chi connectivity index (χ0) is 14.1. The first kappa shape index (κ1) is 13.2. The average Bonchev–Trinajstić information content (AvgIpc) is 2.77. The fourth-order valence-electron chi connectivity index (χ4n) is 2.47. The number of fused-ring (bicyclic) bond motifs is 1. The minimum atomic E-state index is -0.639. The monoisotopic (exact) mass is 286 g/mol. The predicted molar refractivity (Wildman–Crippen MR) is 80.8 cm³/mol. The Bertz CT molecular complexity index is 751. The number of hydrogen-bond donors (Lipinski definition) is 1. The Morgan fingerprint density at radius 1 is 1.20 bits per heavy atom. The van der Waals surface area contributed by atoms with Crippen molar-refractivity contribution in [3.8, 4) is 0 Å². The van der Waals surface area contributed by atoms with Crippen LogP contribution in [0.1, 0.15) is 17.4 Å². The zero-order valence-electron chi connectivity index (χ0n) is 11.1. The van der Waals surface area contributed by atoms with E-state index in [1.54, 1.807) is 4.68 Å². The number of aryl methyl sites for hydroxylation is 1. The Kier molecular flexibility index (Phi) is 3.47. The quantitative estimate of drug-likeness (QED) is 0.800. The van der Waals surface area contributed by atoms with Crippen molar-refractivity contribution in [1.82, 2.24) is 9.78 Å². The molecule has 3 aromatic rings. The number of benzene rings is 2. The smallest absolute Gasteiger partial charge is 0.102 e. The predicted octanol–water partition coefficient (Wildman–Crippen LogP) is 3.50. The lowest BCUT2D eigenvalue weighted by Crippen LogP contribution is -2.04. The van der Waals surface area contributed by atoms with E-state index >= 15 is 0 Å². The Morgan fingerprint density at radius 2 is 2.00 bits per heavy atom. The standard InChI is InChI=1S/C16H15ClN2O/c1-19-14-8-3-2-7-13(14)16(18-19)15(20)10-11-5-4-6-12(17)9-11/h2-9,15,20H,10H2,1H3. The fraction of sp³-hybridized carbons (Fsp3) is 0.188. The molecule has 2 aromatic carbocycles. The van der Waals surface area contributed by atoms with Crippen LogP contribution >= 0.6 is 11.6 Å². The van der Waals surface area contributed by atoms with Gasteiger partial charge in [-0.05, 0) is 23.8 Å². The SMILES string of the molecule is Cn1nc(C(O)Cc2cccc(Cl)c2)c2ccccc21. The molecule has 0 fully saturated rings. The average molecular weight is 287 g/mol. The van der Waals surface area contributed by atoms with E-state index < -0.39 is 6.10 Å². The Morgan fingerprint density at radius 3 is 2.80 bits per heavy atom. The van der Waals surface area contributed by atoms with Crippen LogP contribution < -0.4 is 0 Å². The molecule has 1 aromatic heterocycles. The van der Waals surface area contributed by atoms with Crippen LogP contribution in [0.3, 0.4) is 0 Å². The van der Waals surface area contributed by atoms with Crippen molar-refractivity contribution in [2.24, 2.45) is 7.05 Å². The molecule has 0 spiro atoms. The molecule has 102 valence electrons. The molecule has 0 bridgehead atoms. The summed E-state index contributed by atoms with van der Waals surface area (Å²) in [6.45, 7) is 0. The lowest BCUT2D eigenvalue weighted by Gasteiger charge is -2.09. The van der Waals surface area contributed by atoms with Gasteiger partial charge in [0.1, 0.15) is 6.10 Å². The summed E-state index contributed by atoms with van der Waals surface area (Å²) in [4.78, 5) is 0. The summed E-state index contributed by atoms with van der Waals surface area (Å²) >= 11 is 5.97. The molecule has 1 heterocycles. The zero-order valence-corrected chi connectivity index (χ0v) is 11.9. The number of aromatic nitrogens is 2. The molecule has 1 unspecified atom stereocenters. The van der Waals surface area contributed by atoms with Gasteiger partial charge >= 0.3 is 0 Å². The number of hydrogen-bond acceptors (Lipinski definition) is 2. The third-order valence-electron chi connectivity index (χ3n) is 3.42. The second-order valence-electron chi connectivity index (χ2n) is 4.88. The van der Waals surface area contributed by atoms with Crippen LogP contribution in [0.25, 0.3) is 10.9 Å². The summed E-state index contributed by atoms with van der Waals surface area (Å²) in [5, 5.41) is 16.6. The fourth-order valence-corrected chi connectivity index (χ4v) is 2.68. The van der Waals surface area contributed by atoms with Crippen LogP contribution in [0.2, 0.25) is 5.02 Å². The third-order valence-corrected chi connectivity index (χ3v) is 3.66. The van der Waals surface area contributed by atoms with Crippen molar-refractivity contribution in [3.05, 3.63) is 64.8 Å². The van der Waals surface area contributed by atoms with Gasteiger partial charge in [-0.15, -0.1) is 0 Å². The van der Waals surface area contributed by atoms with Gasteiger partial charge in [-0.2, -0.15) is 5.10 Å². The molecule has 4 heteroatoms. The summed E-state index contributed by atoms with van der Waals surface area (Å²) in [5.74, 6) is 0. The molecule has 0 aliphatic carbocycles. The van der Waals surface area contributed by atoms with Crippen molar-refractivity contribution >= 4 is 22.5 Å². The largest absolute Gasteiger partial charge is 0.386 e. The van der Waals surface area contributed by atoms with Crippen molar-refractivity contribution in [2.45, 2.75) is 12.5 Å². The van der Waals surface area contributed by atoms with E-state index in [0.717, 1.165) is 16.5 Å². The Hall–Kier alpha value is -1.84. The molecule has 3 rings (SSSR count). The summed E-state index contributed by atoms with van der Waals surface area (Å²) in [5.41, 5.74) is 2.73. The normalized spacial score (nSPS) is 12.8. The lowest BCUT2D eigenvalue weighted by atomic mass is 10.0. The molecule has 0 saturated carbocycles. The minimum absolute atomic E-state index is 0.502. The molecule has 0 saturated heterocycles. The highest BCUT2D eigenvalue weighted by molar-refractivity contribution is 6.30. The highest BCUT2D eigenvalue weighted by Crippen LogP contribution is 2.26. The second kappa shape index (κ2) is 5.27. The Balaban J connectivity index is 1.95. The van der Waals surface area contributed by atoms with Gasteiger partial charge in [0.2, 0.25) is 0 Å². The summed E-state index contributed by atoms with van der Waals surface area (Å²) < 4.78 is 1.80. The molecular weight excluding hydrogens is 272 g/mol. The first-order valence-corrected chi connectivity index (χ1v) is 6.87. The molecule has 0 aliphatic rings. The van der Waals surface area contributed by atoms with E-state index in [-0.39, 0.29) is 0 Å². The van der Waals surface area contributed by atoms with E-state index in [0.29, 0.717) is 17.1 Å². The van der Waals surface area contributed by atoms with E-state index in [2.05, 4.69) is 5.10 Å². The first-order chi connectivity index (χ1) is 9.65. The van der Waals surface area contributed by atoms with Crippen molar-refractivity contribution in [1.29, 1.82) is 0 Å². The molecule has 0 amide bonds. The third kappa shape index (κ3) is 2.42. The maximum atomic E-state index is 10.5. The van der Waals surface area contributed by atoms with E-state index in [1.165, 1.54) is 0 Å². The van der Waals surface area contributed by atoms with Gasteiger partial charge in [-0.3, -0.25) is 4.68 Å². The van der Waals surface area contributed by atoms with Gasteiger partial charge in [0.25, 0.3) is 0 Å². The Labute approximate surface area is 122 Å². The van der Waals surface area contributed by atoms with Gasteiger partial charge in [0.15, 0.2) is 0 Å². The molecule has 1 N–H and O–H groups in total. The second-order valence-corrected chi connectivity index (χ2v) is 5.31. The number of aliphatic hydroxyl groups excluding tert-OH is 1. The summed E-state index contributed by atoms with van der Waals surface area (Å²) in [6.07, 6.45) is -0.138. The number of nitrogens with zero attached hydrogens (tertiary/aromatic N) is 2. The maximum Gasteiger partial charge on any atom is 0.102 e. The van der Waals surface area contributed by atoms with Gasteiger partial charge in [0.05, 0.1) is 11.2 Å². The van der Waals surface area contributed by atoms with E-state index in [9.17, 15) is 5.11 Å².